The molecule has 0 aliphatic rings. The van der Waals surface area contributed by atoms with E-state index in [-0.39, 0.29) is 0 Å². The highest BCUT2D eigenvalue weighted by Crippen LogP contribution is 2.03. The normalized spacial score (nSPS) is 16.3. The van der Waals surface area contributed by atoms with Crippen LogP contribution >= 0.6 is 0 Å². The number of hydrogen-bond donors (Lipinski definition) is 2. The fourth-order valence-electron chi connectivity index (χ4n) is 1.99. The Balaban J connectivity index is 4.39. The van der Waals surface area contributed by atoms with Crippen LogP contribution in [0.3, 0.4) is 0 Å². The van der Waals surface area contributed by atoms with E-state index in [0.717, 1.165) is 32.6 Å². The van der Waals surface area contributed by atoms with E-state index in [2.05, 4.69) is 58.1 Å². The standard InChI is InChI=1S/C14H31N3/c1-7-10-14(16(5)9-3)13(4)17(6)12-11-15-8-2/h10,13,15H,7-9,11-12H2,1-6H3/p+1. The Kier molecular flexibility index (Phi) is 9.41. The molecule has 102 valence electrons. The molecule has 0 aliphatic carbocycles. The first-order valence-corrected chi connectivity index (χ1v) is 7.02. The lowest BCUT2D eigenvalue weighted by atomic mass is 10.1. The van der Waals surface area contributed by atoms with Crippen LogP contribution in [0.1, 0.15) is 34.1 Å². The zero-order valence-corrected chi connectivity index (χ0v) is 12.6. The van der Waals surface area contributed by atoms with Crippen molar-refractivity contribution in [1.82, 2.24) is 10.2 Å². The number of nitrogens with one attached hydrogen (secondary N) is 2. The minimum Gasteiger partial charge on any atom is -0.316 e. The first-order chi connectivity index (χ1) is 8.08. The van der Waals surface area contributed by atoms with Crippen molar-refractivity contribution in [3.8, 4) is 0 Å². The van der Waals surface area contributed by atoms with E-state index in [0.29, 0.717) is 6.04 Å². The van der Waals surface area contributed by atoms with Gasteiger partial charge in [0.2, 0.25) is 0 Å². The van der Waals surface area contributed by atoms with Crippen LogP contribution in [-0.4, -0.2) is 51.2 Å². The van der Waals surface area contributed by atoms with Crippen molar-refractivity contribution in [2.24, 2.45) is 0 Å². The third-order valence-corrected chi connectivity index (χ3v) is 3.45. The third-order valence-electron chi connectivity index (χ3n) is 3.45. The molecule has 0 saturated heterocycles. The van der Waals surface area contributed by atoms with Gasteiger partial charge in [-0.1, -0.05) is 13.8 Å². The molecule has 0 bridgehead atoms. The molecule has 2 N–H and O–H groups in total. The summed E-state index contributed by atoms with van der Waals surface area (Å²) in [6, 6.07) is 0.522. The molecule has 2 atom stereocenters. The number of rotatable bonds is 9. The fourth-order valence-corrected chi connectivity index (χ4v) is 1.99. The molecule has 0 aromatic carbocycles. The Hall–Kier alpha value is -0.380. The third kappa shape index (κ3) is 6.20. The number of likely N-dealkylation sites (N-methyl/N-ethyl adjacent to an activating group) is 3. The van der Waals surface area contributed by atoms with Crippen LogP contribution in [0, 0.1) is 0 Å². The van der Waals surface area contributed by atoms with Crippen molar-refractivity contribution in [2.45, 2.75) is 40.2 Å². The topological polar surface area (TPSA) is 19.7 Å². The van der Waals surface area contributed by atoms with E-state index < -0.39 is 0 Å². The van der Waals surface area contributed by atoms with Crippen molar-refractivity contribution < 1.29 is 4.90 Å². The van der Waals surface area contributed by atoms with Gasteiger partial charge >= 0.3 is 0 Å². The highest BCUT2D eigenvalue weighted by molar-refractivity contribution is 4.99. The van der Waals surface area contributed by atoms with Crippen LogP contribution in [0.4, 0.5) is 0 Å². The summed E-state index contributed by atoms with van der Waals surface area (Å²) in [6.45, 7) is 13.3. The molecule has 0 radical (unpaired) electrons. The van der Waals surface area contributed by atoms with Crippen LogP contribution in [-0.2, 0) is 0 Å². The van der Waals surface area contributed by atoms with Gasteiger partial charge in [-0.05, 0) is 39.9 Å². The number of quaternary nitrogens is 1. The second-order valence-corrected chi connectivity index (χ2v) is 4.71. The van der Waals surface area contributed by atoms with E-state index in [1.807, 2.05) is 0 Å². The molecule has 17 heavy (non-hydrogen) atoms. The summed E-state index contributed by atoms with van der Waals surface area (Å²) in [4.78, 5) is 3.96. The second-order valence-electron chi connectivity index (χ2n) is 4.71. The summed E-state index contributed by atoms with van der Waals surface area (Å²) in [6.07, 6.45) is 3.51. The fraction of sp³-hybridized carbons (Fsp3) is 0.857. The molecule has 0 rings (SSSR count). The van der Waals surface area contributed by atoms with Gasteiger partial charge in [0, 0.05) is 13.1 Å². The first kappa shape index (κ1) is 16.6. The van der Waals surface area contributed by atoms with Crippen molar-refractivity contribution >= 4 is 0 Å². The van der Waals surface area contributed by atoms with Crippen LogP contribution in [0.5, 0.6) is 0 Å². The molecule has 3 nitrogen and oxygen atoms in total. The summed E-state index contributed by atoms with van der Waals surface area (Å²) in [5.41, 5.74) is 1.52. The lowest BCUT2D eigenvalue weighted by Crippen LogP contribution is -3.08. The van der Waals surface area contributed by atoms with E-state index in [1.54, 1.807) is 0 Å². The second kappa shape index (κ2) is 9.63. The SMILES string of the molecule is CCC=C(C(C)N(C)CCNCC)[NH+](C)CC. The van der Waals surface area contributed by atoms with Gasteiger partial charge in [-0.25, -0.2) is 0 Å². The van der Waals surface area contributed by atoms with Gasteiger partial charge < -0.3 is 10.2 Å². The molecule has 0 fully saturated rings. The maximum atomic E-state index is 3.38. The summed E-state index contributed by atoms with van der Waals surface area (Å²) in [5.74, 6) is 0. The van der Waals surface area contributed by atoms with Crippen LogP contribution in [0.25, 0.3) is 0 Å². The Morgan fingerprint density at radius 1 is 1.35 bits per heavy atom. The molecule has 3 heteroatoms. The van der Waals surface area contributed by atoms with Crippen LogP contribution in [0.2, 0.25) is 0 Å². The van der Waals surface area contributed by atoms with Gasteiger partial charge in [0.15, 0.2) is 0 Å². The van der Waals surface area contributed by atoms with Crippen molar-refractivity contribution in [2.75, 3.05) is 40.3 Å². The molecule has 2 unspecified atom stereocenters. The molecular formula is C14H32N3+. The highest BCUT2D eigenvalue weighted by atomic mass is 15.2. The van der Waals surface area contributed by atoms with Gasteiger partial charge in [-0.15, -0.1) is 0 Å². The minimum atomic E-state index is 0.522. The first-order valence-electron chi connectivity index (χ1n) is 7.02. The van der Waals surface area contributed by atoms with Gasteiger partial charge in [-0.3, -0.25) is 4.90 Å². The highest BCUT2D eigenvalue weighted by Gasteiger charge is 2.20. The van der Waals surface area contributed by atoms with Gasteiger partial charge in [0.25, 0.3) is 0 Å². The van der Waals surface area contributed by atoms with Crippen molar-refractivity contribution in [3.63, 3.8) is 0 Å². The van der Waals surface area contributed by atoms with E-state index >= 15 is 0 Å². The Morgan fingerprint density at radius 3 is 2.47 bits per heavy atom. The monoisotopic (exact) mass is 242 g/mol. The van der Waals surface area contributed by atoms with Gasteiger partial charge in [0.05, 0.1) is 19.6 Å². The minimum absolute atomic E-state index is 0.522. The predicted molar refractivity (Wildman–Crippen MR) is 76.4 cm³/mol. The Bertz CT molecular complexity index is 214. The molecular weight excluding hydrogens is 210 g/mol. The molecule has 0 aromatic rings. The Labute approximate surface area is 108 Å². The largest absolute Gasteiger partial charge is 0.316 e. The predicted octanol–water partition coefficient (Wildman–Crippen LogP) is 0.745. The molecule has 0 saturated carbocycles. The zero-order chi connectivity index (χ0) is 13.3. The average molecular weight is 242 g/mol. The van der Waals surface area contributed by atoms with E-state index in [4.69, 9.17) is 0 Å². The summed E-state index contributed by atoms with van der Waals surface area (Å²) in [7, 11) is 4.48. The van der Waals surface area contributed by atoms with E-state index in [9.17, 15) is 0 Å². The van der Waals surface area contributed by atoms with Crippen LogP contribution < -0.4 is 10.2 Å². The number of allylic oxidation sites excluding steroid dienone is 1. The maximum Gasteiger partial charge on any atom is 0.120 e. The molecule has 0 heterocycles. The molecule has 0 aliphatic heterocycles. The Morgan fingerprint density at radius 2 is 2.00 bits per heavy atom. The van der Waals surface area contributed by atoms with Gasteiger partial charge in [-0.2, -0.15) is 0 Å². The van der Waals surface area contributed by atoms with Crippen LogP contribution in [0.15, 0.2) is 11.8 Å². The lowest BCUT2D eigenvalue weighted by Gasteiger charge is -2.28. The smallest absolute Gasteiger partial charge is 0.120 e. The number of hydrogen-bond acceptors (Lipinski definition) is 2. The molecule has 0 spiro atoms. The number of nitrogens with zero attached hydrogens (tertiary/aromatic N) is 1. The lowest BCUT2D eigenvalue weighted by molar-refractivity contribution is -0.840. The zero-order valence-electron chi connectivity index (χ0n) is 12.6. The van der Waals surface area contributed by atoms with E-state index in [1.165, 1.54) is 10.6 Å². The summed E-state index contributed by atoms with van der Waals surface area (Å²) in [5, 5.41) is 3.38. The summed E-state index contributed by atoms with van der Waals surface area (Å²) >= 11 is 0. The molecule has 0 amide bonds. The summed E-state index contributed by atoms with van der Waals surface area (Å²) < 4.78 is 0. The average Bonchev–Trinajstić information content (AvgIpc) is 2.34. The quantitative estimate of drug-likeness (QED) is 0.582. The van der Waals surface area contributed by atoms with Gasteiger partial charge in [0.1, 0.15) is 5.70 Å². The molecule has 0 aromatic heterocycles. The van der Waals surface area contributed by atoms with Crippen molar-refractivity contribution in [3.05, 3.63) is 11.8 Å². The van der Waals surface area contributed by atoms with Crippen molar-refractivity contribution in [1.29, 1.82) is 0 Å². The maximum absolute atomic E-state index is 3.38.